The number of imidazole rings is 1. The third-order valence-electron chi connectivity index (χ3n) is 5.91. The number of carbonyl (C=O) groups excluding carboxylic acids is 1. The number of H-pyrrole nitrogens is 1. The first-order valence-electron chi connectivity index (χ1n) is 9.84. The number of amides is 1. The third kappa shape index (κ3) is 2.66. The molecule has 5 rings (SSSR count). The lowest BCUT2D eigenvalue weighted by atomic mass is 9.79. The molecule has 2 aromatic carbocycles. The van der Waals surface area contributed by atoms with Crippen LogP contribution in [-0.2, 0) is 12.0 Å². The Hall–Kier alpha value is -3.16. The molecule has 2 aliphatic rings. The van der Waals surface area contributed by atoms with E-state index in [0.717, 1.165) is 11.6 Å². The molecule has 0 saturated heterocycles. The minimum Gasteiger partial charge on any atom is -0.493 e. The van der Waals surface area contributed by atoms with E-state index in [4.69, 9.17) is 9.47 Å². The summed E-state index contributed by atoms with van der Waals surface area (Å²) < 4.78 is 40.7. The number of nitrogens with one attached hydrogen (secondary N) is 1. The summed E-state index contributed by atoms with van der Waals surface area (Å²) in [5, 5.41) is 0. The van der Waals surface area contributed by atoms with Crippen LogP contribution in [0.4, 0.5) is 8.78 Å². The van der Waals surface area contributed by atoms with Gasteiger partial charge in [-0.1, -0.05) is 0 Å². The first-order chi connectivity index (χ1) is 14.3. The molecular weight excluding hydrogens is 392 g/mol. The summed E-state index contributed by atoms with van der Waals surface area (Å²) in [6.07, 6.45) is 1.38. The standard InChI is InChI=1S/C22H21F2N3O3/c1-11-25-16-10-14(21(28)27(2)3)13-4-5-22(30-20(13)19(16)26-11)6-7-29-17-9-12(23)8-15(24)18(17)22/h8-10H,4-7H2,1-3H3,(H,25,26). The van der Waals surface area contributed by atoms with Gasteiger partial charge in [-0.2, -0.15) is 0 Å². The molecule has 1 unspecified atom stereocenters. The van der Waals surface area contributed by atoms with Crippen LogP contribution in [0.2, 0.25) is 0 Å². The summed E-state index contributed by atoms with van der Waals surface area (Å²) >= 11 is 0. The van der Waals surface area contributed by atoms with Crippen molar-refractivity contribution in [1.29, 1.82) is 0 Å². The smallest absolute Gasteiger partial charge is 0.253 e. The van der Waals surface area contributed by atoms with Crippen LogP contribution >= 0.6 is 0 Å². The number of ether oxygens (including phenoxy) is 2. The Morgan fingerprint density at radius 1 is 1.23 bits per heavy atom. The van der Waals surface area contributed by atoms with Crippen LogP contribution in [0.3, 0.4) is 0 Å². The zero-order chi connectivity index (χ0) is 21.2. The lowest BCUT2D eigenvalue weighted by Gasteiger charge is -2.43. The number of hydrogen-bond donors (Lipinski definition) is 1. The fourth-order valence-corrected chi connectivity index (χ4v) is 4.56. The van der Waals surface area contributed by atoms with Crippen molar-refractivity contribution in [1.82, 2.24) is 14.9 Å². The van der Waals surface area contributed by atoms with E-state index in [0.29, 0.717) is 47.4 Å². The van der Waals surface area contributed by atoms with Gasteiger partial charge in [0.2, 0.25) is 0 Å². The van der Waals surface area contributed by atoms with Gasteiger partial charge >= 0.3 is 0 Å². The van der Waals surface area contributed by atoms with E-state index in [2.05, 4.69) is 9.97 Å². The van der Waals surface area contributed by atoms with E-state index in [-0.39, 0.29) is 23.8 Å². The van der Waals surface area contributed by atoms with Gasteiger partial charge in [-0.3, -0.25) is 4.79 Å². The number of fused-ring (bicyclic) bond motifs is 5. The van der Waals surface area contributed by atoms with E-state index < -0.39 is 17.2 Å². The fraction of sp³-hybridized carbons (Fsp3) is 0.364. The van der Waals surface area contributed by atoms with Gasteiger partial charge in [0.1, 0.15) is 40.1 Å². The maximum atomic E-state index is 14.9. The highest BCUT2D eigenvalue weighted by Crippen LogP contribution is 2.50. The summed E-state index contributed by atoms with van der Waals surface area (Å²) in [6, 6.07) is 3.82. The number of aryl methyl sites for hydroxylation is 1. The molecule has 1 amide bonds. The van der Waals surface area contributed by atoms with Crippen molar-refractivity contribution in [3.05, 3.63) is 52.3 Å². The van der Waals surface area contributed by atoms with E-state index in [1.165, 1.54) is 11.0 Å². The zero-order valence-electron chi connectivity index (χ0n) is 16.9. The molecule has 1 aromatic heterocycles. The molecule has 1 spiro atoms. The van der Waals surface area contributed by atoms with Crippen LogP contribution in [0.15, 0.2) is 18.2 Å². The van der Waals surface area contributed by atoms with E-state index in [1.54, 1.807) is 20.2 Å². The average molecular weight is 413 g/mol. The first-order valence-corrected chi connectivity index (χ1v) is 9.84. The summed E-state index contributed by atoms with van der Waals surface area (Å²) in [5.74, 6) is -0.170. The van der Waals surface area contributed by atoms with E-state index in [1.807, 2.05) is 6.92 Å². The Morgan fingerprint density at radius 2 is 2.03 bits per heavy atom. The summed E-state index contributed by atoms with van der Waals surface area (Å²) in [6.45, 7) is 2.11. The molecule has 1 atom stereocenters. The second-order valence-electron chi connectivity index (χ2n) is 8.10. The van der Waals surface area contributed by atoms with Gasteiger partial charge in [0, 0.05) is 43.8 Å². The van der Waals surface area contributed by atoms with Crippen molar-refractivity contribution in [3.8, 4) is 11.5 Å². The van der Waals surface area contributed by atoms with Gasteiger partial charge < -0.3 is 19.4 Å². The number of hydrogen-bond acceptors (Lipinski definition) is 4. The fourth-order valence-electron chi connectivity index (χ4n) is 4.56. The number of aromatic amines is 1. The Labute approximate surface area is 171 Å². The SMILES string of the molecule is Cc1nc2cc(C(=O)N(C)C)c3c(c2[nH]1)OC1(CCOc2cc(F)cc(F)c21)CC3. The molecule has 2 aliphatic heterocycles. The van der Waals surface area contributed by atoms with Gasteiger partial charge in [-0.05, 0) is 25.8 Å². The lowest BCUT2D eigenvalue weighted by Crippen LogP contribution is -2.42. The molecule has 1 N–H and O–H groups in total. The second-order valence-corrected chi connectivity index (χ2v) is 8.10. The van der Waals surface area contributed by atoms with Crippen molar-refractivity contribution in [3.63, 3.8) is 0 Å². The molecule has 8 heteroatoms. The number of benzene rings is 2. The molecule has 3 aromatic rings. The zero-order valence-corrected chi connectivity index (χ0v) is 16.9. The van der Waals surface area contributed by atoms with Gasteiger partial charge in [0.05, 0.1) is 17.7 Å². The Balaban J connectivity index is 1.73. The van der Waals surface area contributed by atoms with Crippen LogP contribution < -0.4 is 9.47 Å². The Morgan fingerprint density at radius 3 is 2.80 bits per heavy atom. The molecule has 0 fully saturated rings. The summed E-state index contributed by atoms with van der Waals surface area (Å²) in [7, 11) is 3.39. The number of rotatable bonds is 1. The van der Waals surface area contributed by atoms with Crippen LogP contribution in [0.1, 0.15) is 40.2 Å². The average Bonchev–Trinajstić information content (AvgIpc) is 3.06. The predicted molar refractivity (Wildman–Crippen MR) is 106 cm³/mol. The molecule has 0 bridgehead atoms. The van der Waals surface area contributed by atoms with Gasteiger partial charge in [0.25, 0.3) is 5.91 Å². The Kier molecular flexibility index (Phi) is 4.03. The van der Waals surface area contributed by atoms with Gasteiger partial charge in [-0.25, -0.2) is 13.8 Å². The van der Waals surface area contributed by atoms with Crippen molar-refractivity contribution in [2.45, 2.75) is 31.8 Å². The van der Waals surface area contributed by atoms with Crippen LogP contribution in [0, 0.1) is 18.6 Å². The highest BCUT2D eigenvalue weighted by Gasteiger charge is 2.46. The maximum absolute atomic E-state index is 14.9. The summed E-state index contributed by atoms with van der Waals surface area (Å²) in [5.41, 5.74) is 1.81. The van der Waals surface area contributed by atoms with E-state index in [9.17, 15) is 13.6 Å². The van der Waals surface area contributed by atoms with Crippen LogP contribution in [0.5, 0.6) is 11.5 Å². The van der Waals surface area contributed by atoms with Gasteiger partial charge in [0.15, 0.2) is 0 Å². The molecule has 156 valence electrons. The highest BCUT2D eigenvalue weighted by molar-refractivity contribution is 6.01. The normalized spacial score (nSPS) is 19.8. The van der Waals surface area contributed by atoms with Crippen molar-refractivity contribution in [2.75, 3.05) is 20.7 Å². The molecule has 30 heavy (non-hydrogen) atoms. The topological polar surface area (TPSA) is 67.5 Å². The lowest BCUT2D eigenvalue weighted by molar-refractivity contribution is 0.000907. The molecule has 0 saturated carbocycles. The monoisotopic (exact) mass is 413 g/mol. The molecular formula is C22H21F2N3O3. The quantitative estimate of drug-likeness (QED) is 0.658. The minimum atomic E-state index is -0.996. The predicted octanol–water partition coefficient (Wildman–Crippen LogP) is 3.85. The Bertz CT molecular complexity index is 1200. The first kappa shape index (κ1) is 18.8. The van der Waals surface area contributed by atoms with Crippen LogP contribution in [0.25, 0.3) is 11.0 Å². The van der Waals surface area contributed by atoms with E-state index >= 15 is 0 Å². The number of carbonyl (C=O) groups is 1. The highest BCUT2D eigenvalue weighted by atomic mass is 19.1. The van der Waals surface area contributed by atoms with Gasteiger partial charge in [-0.15, -0.1) is 0 Å². The van der Waals surface area contributed by atoms with Crippen LogP contribution in [-0.4, -0.2) is 41.5 Å². The van der Waals surface area contributed by atoms with Crippen molar-refractivity contribution < 1.29 is 23.0 Å². The molecule has 3 heterocycles. The number of aromatic nitrogens is 2. The maximum Gasteiger partial charge on any atom is 0.253 e. The number of halogens is 2. The van der Waals surface area contributed by atoms with Crippen molar-refractivity contribution in [2.24, 2.45) is 0 Å². The number of nitrogens with zero attached hydrogens (tertiary/aromatic N) is 2. The second kappa shape index (κ2) is 6.42. The molecule has 0 radical (unpaired) electrons. The molecule has 6 nitrogen and oxygen atoms in total. The molecule has 0 aliphatic carbocycles. The van der Waals surface area contributed by atoms with Crippen molar-refractivity contribution >= 4 is 16.9 Å². The largest absolute Gasteiger partial charge is 0.493 e. The summed E-state index contributed by atoms with van der Waals surface area (Å²) in [4.78, 5) is 22.0. The minimum absolute atomic E-state index is 0.144. The third-order valence-corrected chi connectivity index (χ3v) is 5.91.